The van der Waals surface area contributed by atoms with Crippen LogP contribution in [-0.2, 0) is 15.1 Å². The lowest BCUT2D eigenvalue weighted by Crippen LogP contribution is -2.27. The number of aromatic nitrogens is 1. The molecule has 0 radical (unpaired) electrons. The molecule has 0 aliphatic carbocycles. The predicted octanol–water partition coefficient (Wildman–Crippen LogP) is 4.13. The van der Waals surface area contributed by atoms with Gasteiger partial charge in [-0.1, -0.05) is 30.3 Å². The molecule has 0 bridgehead atoms. The van der Waals surface area contributed by atoms with Gasteiger partial charge in [0, 0.05) is 12.4 Å². The van der Waals surface area contributed by atoms with Crippen LogP contribution in [0.5, 0.6) is 5.75 Å². The molecule has 3 aromatic rings. The van der Waals surface area contributed by atoms with E-state index in [1.807, 2.05) is 57.3 Å². The third-order valence-electron chi connectivity index (χ3n) is 5.08. The number of aryl methyl sites for hydroxylation is 1. The second-order valence-electron chi connectivity index (χ2n) is 7.67. The van der Waals surface area contributed by atoms with E-state index >= 15 is 0 Å². The van der Waals surface area contributed by atoms with Gasteiger partial charge in [0.1, 0.15) is 12.4 Å². The molecule has 0 spiro atoms. The van der Waals surface area contributed by atoms with Crippen molar-refractivity contribution < 1.29 is 19.4 Å². The van der Waals surface area contributed by atoms with E-state index in [1.165, 1.54) is 0 Å². The van der Waals surface area contributed by atoms with Crippen LogP contribution in [0.4, 0.5) is 0 Å². The van der Waals surface area contributed by atoms with Crippen molar-refractivity contribution in [2.45, 2.75) is 32.4 Å². The monoisotopic (exact) mass is 433 g/mol. The summed E-state index contributed by atoms with van der Waals surface area (Å²) in [6.45, 7) is 6.20. The van der Waals surface area contributed by atoms with Crippen LogP contribution in [0.15, 0.2) is 72.0 Å². The minimum atomic E-state index is -0.691. The van der Waals surface area contributed by atoms with Crippen molar-refractivity contribution in [3.05, 3.63) is 83.7 Å². The molecule has 2 aromatic carbocycles. The van der Waals surface area contributed by atoms with Gasteiger partial charge in [-0.2, -0.15) is 0 Å². The molecule has 1 aliphatic rings. The Labute approximate surface area is 187 Å². The van der Waals surface area contributed by atoms with Gasteiger partial charge in [0.25, 0.3) is 12.5 Å². The Kier molecular flexibility index (Phi) is 7.10. The van der Waals surface area contributed by atoms with Crippen LogP contribution in [0.3, 0.4) is 0 Å². The van der Waals surface area contributed by atoms with Crippen molar-refractivity contribution in [3.8, 4) is 16.9 Å². The first-order valence-electron chi connectivity index (χ1n) is 10.2. The topological polar surface area (TPSA) is 107 Å². The highest BCUT2D eigenvalue weighted by Gasteiger charge is 2.40. The van der Waals surface area contributed by atoms with Crippen LogP contribution in [0.25, 0.3) is 11.1 Å². The van der Waals surface area contributed by atoms with Crippen LogP contribution in [0, 0.1) is 6.92 Å². The number of pyridine rings is 1. The first-order valence-corrected chi connectivity index (χ1v) is 10.2. The second-order valence-corrected chi connectivity index (χ2v) is 7.67. The summed E-state index contributed by atoms with van der Waals surface area (Å²) in [6, 6.07) is 18.7. The van der Waals surface area contributed by atoms with Gasteiger partial charge in [-0.25, -0.2) is 4.99 Å². The summed E-state index contributed by atoms with van der Waals surface area (Å²) in [4.78, 5) is 17.3. The second kappa shape index (κ2) is 9.96. The van der Waals surface area contributed by atoms with Crippen molar-refractivity contribution in [3.63, 3.8) is 0 Å². The van der Waals surface area contributed by atoms with E-state index in [9.17, 15) is 0 Å². The zero-order valence-electron chi connectivity index (χ0n) is 18.4. The standard InChI is InChI=1S/C24H25N3O2.CH2O2/c1-16(2)29-22-10-9-21(12-17(22)3)24(15-28-23(25)27-24)20-8-4-6-18(13-20)19-7-5-11-26-14-19;2-1-3/h4-14,16H,15H2,1-3H3,(H2,25,27);1H,(H,2,3). The molecule has 2 heterocycles. The highest BCUT2D eigenvalue weighted by atomic mass is 16.5. The number of hydrogen-bond donors (Lipinski definition) is 2. The van der Waals surface area contributed by atoms with E-state index in [1.54, 1.807) is 6.20 Å². The Hall–Kier alpha value is -3.87. The molecule has 0 saturated heterocycles. The smallest absolute Gasteiger partial charge is 0.290 e. The fraction of sp³-hybridized carbons (Fsp3) is 0.240. The molecule has 4 rings (SSSR count). The largest absolute Gasteiger partial charge is 0.491 e. The molecule has 1 atom stereocenters. The van der Waals surface area contributed by atoms with Gasteiger partial charge in [-0.05, 0) is 72.9 Å². The zero-order valence-corrected chi connectivity index (χ0v) is 18.4. The number of nitrogens with zero attached hydrogens (tertiary/aromatic N) is 2. The molecule has 0 amide bonds. The third kappa shape index (κ3) is 4.88. The van der Waals surface area contributed by atoms with E-state index in [4.69, 9.17) is 30.1 Å². The van der Waals surface area contributed by atoms with Gasteiger partial charge >= 0.3 is 0 Å². The maximum Gasteiger partial charge on any atom is 0.290 e. The maximum atomic E-state index is 8.36. The van der Waals surface area contributed by atoms with Gasteiger partial charge in [-0.3, -0.25) is 9.78 Å². The van der Waals surface area contributed by atoms with Crippen molar-refractivity contribution in [1.82, 2.24) is 4.98 Å². The number of nitrogens with two attached hydrogens (primary N) is 1. The van der Waals surface area contributed by atoms with Crippen molar-refractivity contribution >= 4 is 12.5 Å². The molecule has 1 unspecified atom stereocenters. The minimum absolute atomic E-state index is 0.119. The molecule has 1 aliphatic heterocycles. The average Bonchev–Trinajstić information content (AvgIpc) is 3.19. The molecule has 0 fully saturated rings. The minimum Gasteiger partial charge on any atom is -0.491 e. The molecule has 7 nitrogen and oxygen atoms in total. The highest BCUT2D eigenvalue weighted by Crippen LogP contribution is 2.40. The molecule has 1 aromatic heterocycles. The number of ether oxygens (including phenoxy) is 2. The normalized spacial score (nSPS) is 17.1. The number of carboxylic acid groups (broad SMARTS) is 1. The van der Waals surface area contributed by atoms with E-state index in [0.29, 0.717) is 6.61 Å². The van der Waals surface area contributed by atoms with E-state index in [2.05, 4.69) is 29.2 Å². The van der Waals surface area contributed by atoms with Crippen molar-refractivity contribution in [2.24, 2.45) is 10.7 Å². The summed E-state index contributed by atoms with van der Waals surface area (Å²) >= 11 is 0. The van der Waals surface area contributed by atoms with Gasteiger partial charge in [-0.15, -0.1) is 0 Å². The van der Waals surface area contributed by atoms with E-state index in [-0.39, 0.29) is 18.6 Å². The summed E-state index contributed by atoms with van der Waals surface area (Å²) < 4.78 is 11.5. The van der Waals surface area contributed by atoms with Gasteiger partial charge < -0.3 is 20.3 Å². The Bertz CT molecular complexity index is 1100. The number of aliphatic imine (C=N–C) groups is 1. The SMILES string of the molecule is Cc1cc(C2(c3cccc(-c4cccnc4)c3)COC(N)=N2)ccc1OC(C)C.O=CO. The fourth-order valence-electron chi connectivity index (χ4n) is 3.68. The lowest BCUT2D eigenvalue weighted by molar-refractivity contribution is -0.122. The number of rotatable bonds is 5. The van der Waals surface area contributed by atoms with Crippen LogP contribution >= 0.6 is 0 Å². The Morgan fingerprint density at radius 3 is 2.44 bits per heavy atom. The van der Waals surface area contributed by atoms with Crippen molar-refractivity contribution in [2.75, 3.05) is 6.61 Å². The van der Waals surface area contributed by atoms with Gasteiger partial charge in [0.05, 0.1) is 6.10 Å². The molecule has 32 heavy (non-hydrogen) atoms. The summed E-state index contributed by atoms with van der Waals surface area (Å²) in [5.41, 5.74) is 10.5. The lowest BCUT2D eigenvalue weighted by Gasteiger charge is -2.27. The van der Waals surface area contributed by atoms with Crippen LogP contribution in [0.1, 0.15) is 30.5 Å². The molecular weight excluding hydrogens is 406 g/mol. The number of benzene rings is 2. The number of amidine groups is 1. The summed E-state index contributed by atoms with van der Waals surface area (Å²) in [5.74, 6) is 0.874. The Morgan fingerprint density at radius 2 is 1.84 bits per heavy atom. The third-order valence-corrected chi connectivity index (χ3v) is 5.08. The average molecular weight is 434 g/mol. The first kappa shape index (κ1) is 22.8. The molecule has 3 N–H and O–H groups in total. The Morgan fingerprint density at radius 1 is 1.12 bits per heavy atom. The summed E-state index contributed by atoms with van der Waals surface area (Å²) in [6.07, 6.45) is 3.75. The van der Waals surface area contributed by atoms with Crippen LogP contribution < -0.4 is 10.5 Å². The fourth-order valence-corrected chi connectivity index (χ4v) is 3.68. The predicted molar refractivity (Wildman–Crippen MR) is 124 cm³/mol. The molecular formula is C25H27N3O4. The Balaban J connectivity index is 0.000000913. The zero-order chi connectivity index (χ0) is 23.1. The van der Waals surface area contributed by atoms with E-state index < -0.39 is 5.54 Å². The summed E-state index contributed by atoms with van der Waals surface area (Å²) in [7, 11) is 0. The lowest BCUT2D eigenvalue weighted by atomic mass is 9.82. The summed E-state index contributed by atoms with van der Waals surface area (Å²) in [5, 5.41) is 6.89. The maximum absolute atomic E-state index is 8.36. The van der Waals surface area contributed by atoms with E-state index in [0.717, 1.165) is 33.6 Å². The number of hydrogen-bond acceptors (Lipinski definition) is 6. The van der Waals surface area contributed by atoms with Gasteiger partial charge in [0.2, 0.25) is 0 Å². The number of carbonyl (C=O) groups is 1. The quantitative estimate of drug-likeness (QED) is 0.586. The first-order chi connectivity index (χ1) is 15.4. The molecule has 166 valence electrons. The van der Waals surface area contributed by atoms with Crippen molar-refractivity contribution in [1.29, 1.82) is 0 Å². The molecule has 0 saturated carbocycles. The molecule has 7 heteroatoms. The highest BCUT2D eigenvalue weighted by molar-refractivity contribution is 5.76. The van der Waals surface area contributed by atoms with Crippen LogP contribution in [0.2, 0.25) is 0 Å². The van der Waals surface area contributed by atoms with Crippen LogP contribution in [-0.4, -0.2) is 35.3 Å². The van der Waals surface area contributed by atoms with Gasteiger partial charge in [0.15, 0.2) is 5.54 Å².